The van der Waals surface area contributed by atoms with Crippen LogP contribution in [0.15, 0.2) is 21.8 Å². The van der Waals surface area contributed by atoms with Crippen LogP contribution in [0.5, 0.6) is 0 Å². The summed E-state index contributed by atoms with van der Waals surface area (Å²) >= 11 is 0. The summed E-state index contributed by atoms with van der Waals surface area (Å²) in [6.07, 6.45) is 1.40. The van der Waals surface area contributed by atoms with Gasteiger partial charge in [-0.1, -0.05) is 5.16 Å². The Morgan fingerprint density at radius 2 is 1.97 bits per heavy atom. The maximum Gasteiger partial charge on any atom is 0.220 e. The van der Waals surface area contributed by atoms with E-state index in [0.29, 0.717) is 37.9 Å². The van der Waals surface area contributed by atoms with E-state index in [-0.39, 0.29) is 5.75 Å². The van der Waals surface area contributed by atoms with E-state index in [9.17, 15) is 8.42 Å². The zero-order chi connectivity index (χ0) is 20.3. The van der Waals surface area contributed by atoms with Crippen molar-refractivity contribution in [3.63, 3.8) is 0 Å². The topological polar surface area (TPSA) is 97.5 Å². The molecule has 4 saturated heterocycles. The molecule has 0 aromatic carbocycles. The fraction of sp³-hybridized carbons (Fsp3) is 0.778. The second kappa shape index (κ2) is 8.99. The van der Waals surface area contributed by atoms with E-state index in [0.717, 1.165) is 38.7 Å². The SMILES string of the molecule is CCNC(=NCC1CN2CCN1CC2)N1CCN(S(=O)(=O)Cc2ccon2)CC1. The average molecular weight is 426 g/mol. The highest BCUT2D eigenvalue weighted by Gasteiger charge is 2.32. The highest BCUT2D eigenvalue weighted by Crippen LogP contribution is 2.16. The monoisotopic (exact) mass is 425 g/mol. The first-order chi connectivity index (χ1) is 14.0. The van der Waals surface area contributed by atoms with Crippen LogP contribution in [0.3, 0.4) is 0 Å². The minimum absolute atomic E-state index is 0.119. The lowest BCUT2D eigenvalue weighted by molar-refractivity contribution is 0.0173. The third kappa shape index (κ3) is 4.90. The van der Waals surface area contributed by atoms with Crippen molar-refractivity contribution in [1.82, 2.24) is 29.5 Å². The number of sulfonamides is 1. The van der Waals surface area contributed by atoms with Gasteiger partial charge in [-0.3, -0.25) is 14.8 Å². The van der Waals surface area contributed by atoms with Gasteiger partial charge in [-0.15, -0.1) is 0 Å². The normalized spacial score (nSPS) is 28.7. The summed E-state index contributed by atoms with van der Waals surface area (Å²) in [5.74, 6) is 0.768. The quantitative estimate of drug-likeness (QED) is 0.462. The summed E-state index contributed by atoms with van der Waals surface area (Å²) in [6.45, 7) is 11.5. The van der Waals surface area contributed by atoms with Crippen molar-refractivity contribution in [2.75, 3.05) is 72.0 Å². The molecular formula is C18H31N7O3S. The second-order valence-electron chi connectivity index (χ2n) is 7.82. The molecule has 1 N–H and O–H groups in total. The zero-order valence-corrected chi connectivity index (χ0v) is 17.9. The van der Waals surface area contributed by atoms with Crippen molar-refractivity contribution in [2.24, 2.45) is 4.99 Å². The van der Waals surface area contributed by atoms with Gasteiger partial charge in [-0.25, -0.2) is 8.42 Å². The largest absolute Gasteiger partial charge is 0.364 e. The van der Waals surface area contributed by atoms with E-state index in [1.165, 1.54) is 19.4 Å². The van der Waals surface area contributed by atoms with Crippen LogP contribution in [0.25, 0.3) is 0 Å². The number of nitrogens with zero attached hydrogens (tertiary/aromatic N) is 6. The molecule has 11 heteroatoms. The van der Waals surface area contributed by atoms with Gasteiger partial charge in [0.25, 0.3) is 0 Å². The van der Waals surface area contributed by atoms with E-state index >= 15 is 0 Å². The first-order valence-corrected chi connectivity index (χ1v) is 12.0. The van der Waals surface area contributed by atoms with Crippen LogP contribution in [0, 0.1) is 0 Å². The predicted molar refractivity (Wildman–Crippen MR) is 110 cm³/mol. The fourth-order valence-electron chi connectivity index (χ4n) is 4.28. The third-order valence-electron chi connectivity index (χ3n) is 5.93. The van der Waals surface area contributed by atoms with Crippen LogP contribution in [0.4, 0.5) is 0 Å². The van der Waals surface area contributed by atoms with Gasteiger partial charge < -0.3 is 14.7 Å². The lowest BCUT2D eigenvalue weighted by Gasteiger charge is -2.47. The van der Waals surface area contributed by atoms with Crippen molar-refractivity contribution in [3.8, 4) is 0 Å². The van der Waals surface area contributed by atoms with E-state index in [4.69, 9.17) is 9.52 Å². The Balaban J connectivity index is 1.33. The maximum absolute atomic E-state index is 12.6. The number of fused-ring (bicyclic) bond motifs is 3. The van der Waals surface area contributed by atoms with Gasteiger partial charge in [0.2, 0.25) is 10.0 Å². The molecule has 0 aliphatic carbocycles. The van der Waals surface area contributed by atoms with Crippen molar-refractivity contribution in [2.45, 2.75) is 18.7 Å². The summed E-state index contributed by atoms with van der Waals surface area (Å²) in [4.78, 5) is 12.1. The van der Waals surface area contributed by atoms with Crippen molar-refractivity contribution in [1.29, 1.82) is 0 Å². The van der Waals surface area contributed by atoms with Crippen LogP contribution in [0.2, 0.25) is 0 Å². The van der Waals surface area contributed by atoms with Crippen molar-refractivity contribution >= 4 is 16.0 Å². The molecule has 10 nitrogen and oxygen atoms in total. The van der Waals surface area contributed by atoms with Crippen LogP contribution >= 0.6 is 0 Å². The van der Waals surface area contributed by atoms with Crippen molar-refractivity contribution < 1.29 is 12.9 Å². The molecule has 5 heterocycles. The highest BCUT2D eigenvalue weighted by molar-refractivity contribution is 7.88. The van der Waals surface area contributed by atoms with Gasteiger partial charge in [0, 0.05) is 77.6 Å². The Hall–Kier alpha value is -1.69. The standard InChI is InChI=1S/C18H31N7O3S/c1-2-19-18(20-13-17-14-22-4-6-23(17)7-5-22)24-8-10-25(11-9-24)29(26,27)15-16-3-12-28-21-16/h3,12,17H,2,4-11,13-15H2,1H3,(H,19,20). The van der Waals surface area contributed by atoms with Crippen LogP contribution in [-0.4, -0.2) is 117 Å². The Morgan fingerprint density at radius 1 is 1.21 bits per heavy atom. The molecule has 1 aromatic rings. The minimum atomic E-state index is -3.39. The van der Waals surface area contributed by atoms with Gasteiger partial charge in [-0.05, 0) is 6.92 Å². The van der Waals surface area contributed by atoms with Crippen LogP contribution in [0.1, 0.15) is 12.6 Å². The third-order valence-corrected chi connectivity index (χ3v) is 7.74. The number of nitrogens with one attached hydrogen (secondary N) is 1. The van der Waals surface area contributed by atoms with Gasteiger partial charge in [0.15, 0.2) is 5.96 Å². The molecule has 4 aliphatic rings. The summed E-state index contributed by atoms with van der Waals surface area (Å²) in [7, 11) is -3.39. The first-order valence-electron chi connectivity index (χ1n) is 10.4. The Morgan fingerprint density at radius 3 is 2.55 bits per heavy atom. The molecule has 4 fully saturated rings. The molecule has 0 amide bonds. The summed E-state index contributed by atoms with van der Waals surface area (Å²) in [5, 5.41) is 7.10. The molecular weight excluding hydrogens is 394 g/mol. The van der Waals surface area contributed by atoms with Gasteiger partial charge in [-0.2, -0.15) is 4.31 Å². The van der Waals surface area contributed by atoms with Gasteiger partial charge in [0.05, 0.1) is 12.2 Å². The zero-order valence-electron chi connectivity index (χ0n) is 17.0. The lowest BCUT2D eigenvalue weighted by Crippen LogP contribution is -2.62. The predicted octanol–water partition coefficient (Wildman–Crippen LogP) is -0.913. The second-order valence-corrected chi connectivity index (χ2v) is 9.79. The molecule has 1 atom stereocenters. The molecule has 2 bridgehead atoms. The molecule has 0 spiro atoms. The summed E-state index contributed by atoms with van der Waals surface area (Å²) < 4.78 is 31.6. The molecule has 0 saturated carbocycles. The minimum Gasteiger partial charge on any atom is -0.364 e. The summed E-state index contributed by atoms with van der Waals surface area (Å²) in [5.41, 5.74) is 0.440. The molecule has 0 radical (unpaired) electrons. The molecule has 4 aliphatic heterocycles. The van der Waals surface area contributed by atoms with Crippen LogP contribution < -0.4 is 5.32 Å². The number of hydrogen-bond donors (Lipinski definition) is 1. The van der Waals surface area contributed by atoms with Gasteiger partial charge in [0.1, 0.15) is 12.0 Å². The number of rotatable bonds is 6. The lowest BCUT2D eigenvalue weighted by atomic mass is 10.1. The number of hydrogen-bond acceptors (Lipinski definition) is 7. The first kappa shape index (κ1) is 20.6. The molecule has 1 aromatic heterocycles. The number of guanidine groups is 1. The molecule has 5 rings (SSSR count). The average Bonchev–Trinajstić information content (AvgIpc) is 3.24. The smallest absolute Gasteiger partial charge is 0.220 e. The molecule has 29 heavy (non-hydrogen) atoms. The van der Waals surface area contributed by atoms with E-state index in [1.54, 1.807) is 10.4 Å². The Labute approximate surface area is 172 Å². The van der Waals surface area contributed by atoms with E-state index in [2.05, 4.69) is 32.1 Å². The number of aliphatic imine (C=N–C) groups is 1. The Kier molecular flexibility index (Phi) is 6.38. The van der Waals surface area contributed by atoms with Gasteiger partial charge >= 0.3 is 0 Å². The maximum atomic E-state index is 12.6. The Bertz CT molecular complexity index is 782. The number of aromatic nitrogens is 1. The fourth-order valence-corrected chi connectivity index (χ4v) is 5.71. The molecule has 162 valence electrons. The van der Waals surface area contributed by atoms with E-state index in [1.807, 2.05) is 0 Å². The van der Waals surface area contributed by atoms with Crippen LogP contribution in [-0.2, 0) is 15.8 Å². The van der Waals surface area contributed by atoms with E-state index < -0.39 is 10.0 Å². The highest BCUT2D eigenvalue weighted by atomic mass is 32.2. The number of piperazine rings is 4. The summed E-state index contributed by atoms with van der Waals surface area (Å²) in [6, 6.07) is 2.07. The van der Waals surface area contributed by atoms with Crippen molar-refractivity contribution in [3.05, 3.63) is 18.0 Å². The molecule has 1 unspecified atom stereocenters.